The maximum absolute atomic E-state index is 6.25. The minimum atomic E-state index is 0.0179. The molecule has 0 unspecified atom stereocenters. The first kappa shape index (κ1) is 22.0. The molecule has 5 nitrogen and oxygen atoms in total. The minimum absolute atomic E-state index is 0.0179. The van der Waals surface area contributed by atoms with Gasteiger partial charge in [-0.3, -0.25) is 4.99 Å². The molecule has 1 fully saturated rings. The lowest BCUT2D eigenvalue weighted by Gasteiger charge is -2.38. The van der Waals surface area contributed by atoms with Gasteiger partial charge in [-0.15, -0.1) is 0 Å². The maximum Gasteiger partial charge on any atom is 0.191 e. The van der Waals surface area contributed by atoms with E-state index < -0.39 is 0 Å². The second-order valence-corrected chi connectivity index (χ2v) is 7.51. The van der Waals surface area contributed by atoms with Crippen molar-refractivity contribution in [3.8, 4) is 0 Å². The molecule has 0 aromatic heterocycles. The number of nitrogens with zero attached hydrogens (tertiary/aromatic N) is 1. The highest BCUT2D eigenvalue weighted by atomic mass is 35.5. The van der Waals surface area contributed by atoms with Crippen molar-refractivity contribution in [2.24, 2.45) is 4.99 Å². The Hall–Kier alpha value is -1.30. The number of hydrogen-bond donors (Lipinski definition) is 2. The third kappa shape index (κ3) is 7.32. The van der Waals surface area contributed by atoms with Gasteiger partial charge in [-0.1, -0.05) is 37.1 Å². The van der Waals surface area contributed by atoms with Crippen LogP contribution in [0.3, 0.4) is 0 Å². The number of unbranched alkanes of at least 4 members (excludes halogenated alkanes) is 1. The van der Waals surface area contributed by atoms with E-state index in [9.17, 15) is 0 Å². The molecule has 1 aromatic rings. The summed E-state index contributed by atoms with van der Waals surface area (Å²) in [6.45, 7) is 7.02. The molecule has 0 bridgehead atoms. The van der Waals surface area contributed by atoms with Crippen LogP contribution in [0.1, 0.15) is 44.6 Å². The van der Waals surface area contributed by atoms with E-state index >= 15 is 0 Å². The van der Waals surface area contributed by atoms with E-state index in [-0.39, 0.29) is 5.41 Å². The summed E-state index contributed by atoms with van der Waals surface area (Å²) in [6, 6.07) is 8.20. The third-order valence-corrected chi connectivity index (χ3v) is 5.34. The number of benzene rings is 1. The highest BCUT2D eigenvalue weighted by Crippen LogP contribution is 2.35. The second-order valence-electron chi connectivity index (χ2n) is 7.08. The summed E-state index contributed by atoms with van der Waals surface area (Å²) < 4.78 is 11.2. The molecule has 152 valence electrons. The molecule has 6 heteroatoms. The molecule has 2 rings (SSSR count). The van der Waals surface area contributed by atoms with Gasteiger partial charge in [0.1, 0.15) is 0 Å². The van der Waals surface area contributed by atoms with Gasteiger partial charge in [0.2, 0.25) is 0 Å². The normalized spacial score (nSPS) is 16.9. The maximum atomic E-state index is 6.25. The Kier molecular flexibility index (Phi) is 9.95. The molecule has 0 amide bonds. The first-order valence-electron chi connectivity index (χ1n) is 10.1. The Morgan fingerprint density at radius 2 is 2.00 bits per heavy atom. The number of hydrogen-bond acceptors (Lipinski definition) is 3. The van der Waals surface area contributed by atoms with Crippen LogP contribution in [0, 0.1) is 0 Å². The molecule has 1 aromatic carbocycles. The Balaban J connectivity index is 1.84. The molecule has 0 spiro atoms. The molecule has 2 N–H and O–H groups in total. The van der Waals surface area contributed by atoms with E-state index in [1.54, 1.807) is 0 Å². The standard InChI is InChI=1S/C21H34ClN3O2/c1-3-4-12-26-13-6-11-24-20(23-2)25-17-21(9-14-27-15-10-21)18-7-5-8-19(22)16-18/h5,7-8,16H,3-4,6,9-15,17H2,1-2H3,(H2,23,24,25). The van der Waals surface area contributed by atoms with Crippen molar-refractivity contribution < 1.29 is 9.47 Å². The third-order valence-electron chi connectivity index (χ3n) is 5.10. The van der Waals surface area contributed by atoms with Crippen LogP contribution < -0.4 is 10.6 Å². The monoisotopic (exact) mass is 395 g/mol. The fourth-order valence-corrected chi connectivity index (χ4v) is 3.54. The number of aliphatic imine (C=N–C) groups is 1. The van der Waals surface area contributed by atoms with Crippen LogP contribution in [0.5, 0.6) is 0 Å². The Labute approximate surface area is 168 Å². The molecular formula is C21H34ClN3O2. The molecule has 0 radical (unpaired) electrons. The number of ether oxygens (including phenoxy) is 2. The smallest absolute Gasteiger partial charge is 0.191 e. The van der Waals surface area contributed by atoms with Crippen LogP contribution in [-0.2, 0) is 14.9 Å². The van der Waals surface area contributed by atoms with Crippen molar-refractivity contribution in [2.45, 2.75) is 44.4 Å². The van der Waals surface area contributed by atoms with Gasteiger partial charge in [0.15, 0.2) is 5.96 Å². The predicted molar refractivity (Wildman–Crippen MR) is 113 cm³/mol. The van der Waals surface area contributed by atoms with Gasteiger partial charge in [0.25, 0.3) is 0 Å². The van der Waals surface area contributed by atoms with Gasteiger partial charge in [-0.05, 0) is 43.4 Å². The van der Waals surface area contributed by atoms with E-state index in [1.165, 1.54) is 12.0 Å². The highest BCUT2D eigenvalue weighted by Gasteiger charge is 2.34. The topological polar surface area (TPSA) is 54.9 Å². The van der Waals surface area contributed by atoms with Gasteiger partial charge >= 0.3 is 0 Å². The summed E-state index contributed by atoms with van der Waals surface area (Å²) in [5, 5.41) is 7.67. The summed E-state index contributed by atoms with van der Waals surface area (Å²) in [6.07, 6.45) is 5.23. The molecule has 0 aliphatic carbocycles. The van der Waals surface area contributed by atoms with Gasteiger partial charge in [-0.2, -0.15) is 0 Å². The minimum Gasteiger partial charge on any atom is -0.381 e. The summed E-state index contributed by atoms with van der Waals surface area (Å²) in [4.78, 5) is 4.36. The average Bonchev–Trinajstić information content (AvgIpc) is 2.70. The number of guanidine groups is 1. The lowest BCUT2D eigenvalue weighted by Crippen LogP contribution is -2.48. The molecule has 1 heterocycles. The van der Waals surface area contributed by atoms with E-state index in [2.05, 4.69) is 34.7 Å². The van der Waals surface area contributed by atoms with E-state index in [1.807, 2.05) is 19.2 Å². The predicted octanol–water partition coefficient (Wildman–Crippen LogP) is 3.76. The SMILES string of the molecule is CCCCOCCCNC(=NC)NCC1(c2cccc(Cl)c2)CCOCC1. The molecule has 27 heavy (non-hydrogen) atoms. The van der Waals surface area contributed by atoms with Gasteiger partial charge in [0.05, 0.1) is 0 Å². The number of halogens is 1. The number of rotatable bonds is 10. The average molecular weight is 396 g/mol. The summed E-state index contributed by atoms with van der Waals surface area (Å²) in [7, 11) is 1.81. The zero-order chi connectivity index (χ0) is 19.4. The fourth-order valence-electron chi connectivity index (χ4n) is 3.35. The first-order valence-corrected chi connectivity index (χ1v) is 10.4. The zero-order valence-electron chi connectivity index (χ0n) is 16.7. The Morgan fingerprint density at radius 1 is 1.22 bits per heavy atom. The molecule has 1 aliphatic heterocycles. The zero-order valence-corrected chi connectivity index (χ0v) is 17.5. The van der Waals surface area contributed by atoms with Gasteiger partial charge in [-0.25, -0.2) is 0 Å². The van der Waals surface area contributed by atoms with Crippen molar-refractivity contribution in [3.05, 3.63) is 34.9 Å². The molecule has 1 saturated heterocycles. The van der Waals surface area contributed by atoms with Crippen molar-refractivity contribution in [1.82, 2.24) is 10.6 Å². The largest absolute Gasteiger partial charge is 0.381 e. The lowest BCUT2D eigenvalue weighted by molar-refractivity contribution is 0.0514. The first-order chi connectivity index (χ1) is 13.2. The van der Waals surface area contributed by atoms with Crippen LogP contribution in [0.15, 0.2) is 29.3 Å². The van der Waals surface area contributed by atoms with Crippen molar-refractivity contribution >= 4 is 17.6 Å². The molecule has 0 atom stereocenters. The summed E-state index contributed by atoms with van der Waals surface area (Å²) >= 11 is 6.25. The van der Waals surface area contributed by atoms with Crippen molar-refractivity contribution in [2.75, 3.05) is 46.6 Å². The van der Waals surface area contributed by atoms with Crippen molar-refractivity contribution in [3.63, 3.8) is 0 Å². The quantitative estimate of drug-likeness (QED) is 0.360. The van der Waals surface area contributed by atoms with Gasteiger partial charge in [0, 0.05) is 57.0 Å². The number of nitrogens with one attached hydrogen (secondary N) is 2. The summed E-state index contributed by atoms with van der Waals surface area (Å²) in [5.74, 6) is 0.830. The van der Waals surface area contributed by atoms with E-state index in [0.717, 1.165) is 76.2 Å². The fraction of sp³-hybridized carbons (Fsp3) is 0.667. The van der Waals surface area contributed by atoms with Gasteiger partial charge < -0.3 is 20.1 Å². The van der Waals surface area contributed by atoms with Crippen LogP contribution >= 0.6 is 11.6 Å². The van der Waals surface area contributed by atoms with Crippen LogP contribution in [0.4, 0.5) is 0 Å². The summed E-state index contributed by atoms with van der Waals surface area (Å²) in [5.41, 5.74) is 1.29. The van der Waals surface area contributed by atoms with Crippen LogP contribution in [0.2, 0.25) is 5.02 Å². The molecule has 1 aliphatic rings. The van der Waals surface area contributed by atoms with E-state index in [0.29, 0.717) is 0 Å². The van der Waals surface area contributed by atoms with Crippen molar-refractivity contribution in [1.29, 1.82) is 0 Å². The van der Waals surface area contributed by atoms with Crippen LogP contribution in [0.25, 0.3) is 0 Å². The molecule has 0 saturated carbocycles. The second kappa shape index (κ2) is 12.2. The molecular weight excluding hydrogens is 362 g/mol. The Bertz CT molecular complexity index is 574. The lowest BCUT2D eigenvalue weighted by atomic mass is 9.74. The Morgan fingerprint density at radius 3 is 2.70 bits per heavy atom. The van der Waals surface area contributed by atoms with E-state index in [4.69, 9.17) is 21.1 Å². The van der Waals surface area contributed by atoms with Crippen LogP contribution in [-0.4, -0.2) is 52.5 Å². The highest BCUT2D eigenvalue weighted by molar-refractivity contribution is 6.30.